The Kier molecular flexibility index (Phi) is 6.10. The second-order valence-electron chi connectivity index (χ2n) is 6.69. The van der Waals surface area contributed by atoms with Crippen LogP contribution in [0.25, 0.3) is 0 Å². The summed E-state index contributed by atoms with van der Waals surface area (Å²) in [6, 6.07) is 15.5. The van der Waals surface area contributed by atoms with Gasteiger partial charge in [0.2, 0.25) is 5.91 Å². The average molecular weight is 408 g/mol. The van der Waals surface area contributed by atoms with Gasteiger partial charge in [-0.25, -0.2) is 13.4 Å². The van der Waals surface area contributed by atoms with Crippen molar-refractivity contribution in [2.45, 2.75) is 19.2 Å². The van der Waals surface area contributed by atoms with Gasteiger partial charge in [0.25, 0.3) is 0 Å². The molecule has 2 aromatic carbocycles. The van der Waals surface area contributed by atoms with Crippen molar-refractivity contribution in [1.82, 2.24) is 9.55 Å². The number of hydrogen-bond donors (Lipinski definition) is 1. The van der Waals surface area contributed by atoms with E-state index >= 15 is 0 Å². The average Bonchev–Trinajstić information content (AvgIpc) is 3.07. The van der Waals surface area contributed by atoms with E-state index in [9.17, 15) is 13.2 Å². The molecular weight excluding hydrogens is 388 g/mol. The standard InChI is InChI=1S/C21H20N4O3S/c1-16-23-10-11-25(16)13-18-6-8-20(9-7-18)24-21(26)15-29(27,28)14-19-4-2-17(12-22)3-5-19/h2-11H,13-15H2,1H3,(H,24,26). The van der Waals surface area contributed by atoms with Crippen molar-refractivity contribution in [3.63, 3.8) is 0 Å². The lowest BCUT2D eigenvalue weighted by Crippen LogP contribution is -2.24. The SMILES string of the molecule is Cc1nccn1Cc1ccc(NC(=O)CS(=O)(=O)Cc2ccc(C#N)cc2)cc1. The second kappa shape index (κ2) is 8.71. The molecule has 1 heterocycles. The maximum Gasteiger partial charge on any atom is 0.239 e. The molecule has 0 aliphatic heterocycles. The van der Waals surface area contributed by atoms with Crippen molar-refractivity contribution < 1.29 is 13.2 Å². The highest BCUT2D eigenvalue weighted by molar-refractivity contribution is 7.91. The van der Waals surface area contributed by atoms with Crippen LogP contribution in [0, 0.1) is 18.3 Å². The van der Waals surface area contributed by atoms with E-state index in [1.54, 1.807) is 42.6 Å². The van der Waals surface area contributed by atoms with E-state index in [0.29, 0.717) is 23.4 Å². The lowest BCUT2D eigenvalue weighted by Gasteiger charge is -2.09. The Morgan fingerprint density at radius 2 is 1.76 bits per heavy atom. The molecule has 0 radical (unpaired) electrons. The molecule has 148 valence electrons. The number of nitriles is 1. The minimum Gasteiger partial charge on any atom is -0.331 e. The van der Waals surface area contributed by atoms with Gasteiger partial charge in [0.05, 0.1) is 17.4 Å². The zero-order valence-corrected chi connectivity index (χ0v) is 16.7. The molecule has 0 aliphatic rings. The van der Waals surface area contributed by atoms with Crippen LogP contribution in [0.2, 0.25) is 0 Å². The Labute approximate surface area is 169 Å². The number of hydrogen-bond acceptors (Lipinski definition) is 5. The number of anilines is 1. The predicted octanol–water partition coefficient (Wildman–Crippen LogP) is 2.67. The highest BCUT2D eigenvalue weighted by Crippen LogP contribution is 2.13. The summed E-state index contributed by atoms with van der Waals surface area (Å²) < 4.78 is 26.6. The van der Waals surface area contributed by atoms with E-state index in [2.05, 4.69) is 10.3 Å². The van der Waals surface area contributed by atoms with Crippen molar-refractivity contribution in [3.05, 3.63) is 83.4 Å². The van der Waals surface area contributed by atoms with Crippen LogP contribution in [0.1, 0.15) is 22.5 Å². The molecule has 1 amide bonds. The molecule has 8 heteroatoms. The van der Waals surface area contributed by atoms with E-state index in [4.69, 9.17) is 5.26 Å². The monoisotopic (exact) mass is 408 g/mol. The number of aromatic nitrogens is 2. The summed E-state index contributed by atoms with van der Waals surface area (Å²) in [5.41, 5.74) is 2.57. The number of aryl methyl sites for hydroxylation is 1. The van der Waals surface area contributed by atoms with E-state index in [0.717, 1.165) is 11.4 Å². The fourth-order valence-electron chi connectivity index (χ4n) is 2.84. The van der Waals surface area contributed by atoms with Gasteiger partial charge in [-0.05, 0) is 42.3 Å². The molecule has 0 unspecified atom stereocenters. The highest BCUT2D eigenvalue weighted by atomic mass is 32.2. The summed E-state index contributed by atoms with van der Waals surface area (Å²) in [6.45, 7) is 2.59. The van der Waals surface area contributed by atoms with Crippen LogP contribution in [0.15, 0.2) is 60.9 Å². The Morgan fingerprint density at radius 3 is 2.34 bits per heavy atom. The van der Waals surface area contributed by atoms with Crippen molar-refractivity contribution in [2.75, 3.05) is 11.1 Å². The molecular formula is C21H20N4O3S. The number of carbonyl (C=O) groups is 1. The first-order valence-corrected chi connectivity index (χ1v) is 10.7. The summed E-state index contributed by atoms with van der Waals surface area (Å²) in [7, 11) is -3.63. The van der Waals surface area contributed by atoms with E-state index < -0.39 is 21.5 Å². The lowest BCUT2D eigenvalue weighted by atomic mass is 10.2. The number of sulfone groups is 1. The Balaban J connectivity index is 1.56. The number of nitrogens with one attached hydrogen (secondary N) is 1. The zero-order valence-electron chi connectivity index (χ0n) is 15.9. The number of nitrogens with zero attached hydrogens (tertiary/aromatic N) is 3. The minimum absolute atomic E-state index is 0.255. The molecule has 3 aromatic rings. The Hall–Kier alpha value is -3.44. The molecule has 29 heavy (non-hydrogen) atoms. The van der Waals surface area contributed by atoms with Gasteiger partial charge in [-0.3, -0.25) is 4.79 Å². The first-order chi connectivity index (χ1) is 13.8. The van der Waals surface area contributed by atoms with Crippen LogP contribution in [-0.4, -0.2) is 29.6 Å². The zero-order chi connectivity index (χ0) is 20.9. The quantitative estimate of drug-likeness (QED) is 0.647. The Morgan fingerprint density at radius 1 is 1.10 bits per heavy atom. The van der Waals surface area contributed by atoms with Gasteiger partial charge >= 0.3 is 0 Å². The smallest absolute Gasteiger partial charge is 0.239 e. The first-order valence-electron chi connectivity index (χ1n) is 8.90. The summed E-state index contributed by atoms with van der Waals surface area (Å²) in [6.07, 6.45) is 3.63. The molecule has 0 aliphatic carbocycles. The molecule has 0 spiro atoms. The van der Waals surface area contributed by atoms with Crippen molar-refractivity contribution in [2.24, 2.45) is 0 Å². The molecule has 0 fully saturated rings. The summed E-state index contributed by atoms with van der Waals surface area (Å²) in [5, 5.41) is 11.4. The first kappa shape index (κ1) is 20.3. The van der Waals surface area contributed by atoms with Gasteiger partial charge in [0, 0.05) is 24.6 Å². The lowest BCUT2D eigenvalue weighted by molar-refractivity contribution is -0.113. The van der Waals surface area contributed by atoms with Gasteiger partial charge in [0.1, 0.15) is 11.6 Å². The van der Waals surface area contributed by atoms with E-state index in [1.807, 2.05) is 35.9 Å². The third-order valence-corrected chi connectivity index (χ3v) is 5.81. The largest absolute Gasteiger partial charge is 0.331 e. The van der Waals surface area contributed by atoms with Gasteiger partial charge in [-0.1, -0.05) is 24.3 Å². The third-order valence-electron chi connectivity index (χ3n) is 4.33. The van der Waals surface area contributed by atoms with Crippen molar-refractivity contribution >= 4 is 21.4 Å². The van der Waals surface area contributed by atoms with Gasteiger partial charge in [-0.15, -0.1) is 0 Å². The topological polar surface area (TPSA) is 105 Å². The normalized spacial score (nSPS) is 11.0. The van der Waals surface area contributed by atoms with Crippen LogP contribution in [0.4, 0.5) is 5.69 Å². The van der Waals surface area contributed by atoms with Gasteiger partial charge < -0.3 is 9.88 Å². The fraction of sp³-hybridized carbons (Fsp3) is 0.190. The Bertz CT molecular complexity index is 1140. The number of rotatable bonds is 7. The van der Waals surface area contributed by atoms with Gasteiger partial charge in [0.15, 0.2) is 9.84 Å². The van der Waals surface area contributed by atoms with Crippen molar-refractivity contribution in [3.8, 4) is 6.07 Å². The summed E-state index contributed by atoms with van der Waals surface area (Å²) in [5.74, 6) is -0.537. The maximum absolute atomic E-state index is 12.3. The third kappa shape index (κ3) is 5.77. The molecule has 1 N–H and O–H groups in total. The van der Waals surface area contributed by atoms with Crippen LogP contribution >= 0.6 is 0 Å². The second-order valence-corrected chi connectivity index (χ2v) is 8.75. The number of imidazole rings is 1. The number of amides is 1. The summed E-state index contributed by atoms with van der Waals surface area (Å²) >= 11 is 0. The number of benzene rings is 2. The fourth-order valence-corrected chi connectivity index (χ4v) is 4.11. The van der Waals surface area contributed by atoms with Crippen LogP contribution in [0.3, 0.4) is 0 Å². The van der Waals surface area contributed by atoms with E-state index in [-0.39, 0.29) is 5.75 Å². The van der Waals surface area contributed by atoms with Crippen LogP contribution in [-0.2, 0) is 26.9 Å². The maximum atomic E-state index is 12.3. The molecule has 3 rings (SSSR count). The molecule has 1 aromatic heterocycles. The molecule has 0 bridgehead atoms. The minimum atomic E-state index is -3.63. The molecule has 0 atom stereocenters. The van der Waals surface area contributed by atoms with Crippen LogP contribution in [0.5, 0.6) is 0 Å². The van der Waals surface area contributed by atoms with Gasteiger partial charge in [-0.2, -0.15) is 5.26 Å². The molecule has 0 saturated carbocycles. The number of carbonyl (C=O) groups excluding carboxylic acids is 1. The predicted molar refractivity (Wildman–Crippen MR) is 110 cm³/mol. The van der Waals surface area contributed by atoms with Crippen molar-refractivity contribution in [1.29, 1.82) is 5.26 Å². The highest BCUT2D eigenvalue weighted by Gasteiger charge is 2.17. The molecule has 0 saturated heterocycles. The van der Waals surface area contributed by atoms with Crippen LogP contribution < -0.4 is 5.32 Å². The van der Waals surface area contributed by atoms with E-state index in [1.165, 1.54) is 0 Å². The molecule has 7 nitrogen and oxygen atoms in total. The summed E-state index contributed by atoms with van der Waals surface area (Å²) in [4.78, 5) is 16.3.